The summed E-state index contributed by atoms with van der Waals surface area (Å²) in [5, 5.41) is 9.48. The Bertz CT molecular complexity index is 242. The zero-order valence-corrected chi connectivity index (χ0v) is 7.88. The molecule has 14 heavy (non-hydrogen) atoms. The molecule has 6 heteroatoms. The number of methoxy groups -OCH3 is 1. The molecular weight excluding hydrogens is 192 g/mol. The Hall–Kier alpha value is -0.850. The molecule has 0 bridgehead atoms. The molecular formula is C8H12O6. The summed E-state index contributed by atoms with van der Waals surface area (Å²) in [5.41, 5.74) is 0. The summed E-state index contributed by atoms with van der Waals surface area (Å²) in [6.07, 6.45) is -4.02. The molecule has 0 aromatic carbocycles. The van der Waals surface area contributed by atoms with Gasteiger partial charge in [-0.25, -0.2) is 4.79 Å². The fraction of sp³-hybridized carbons (Fsp3) is 0.875. The van der Waals surface area contributed by atoms with Crippen molar-refractivity contribution in [3.8, 4) is 0 Å². The summed E-state index contributed by atoms with van der Waals surface area (Å²) < 4.78 is 19.9. The van der Waals surface area contributed by atoms with Crippen LogP contribution < -0.4 is 0 Å². The van der Waals surface area contributed by atoms with E-state index in [0.717, 1.165) is 0 Å². The number of aliphatic hydroxyl groups excluding tert-OH is 1. The fourth-order valence-electron chi connectivity index (χ4n) is 1.79. The number of aliphatic hydroxyl groups is 1. The first kappa shape index (κ1) is 9.70. The summed E-state index contributed by atoms with van der Waals surface area (Å²) >= 11 is 0. The van der Waals surface area contributed by atoms with Gasteiger partial charge in [0.2, 0.25) is 0 Å². The zero-order valence-electron chi connectivity index (χ0n) is 7.88. The van der Waals surface area contributed by atoms with Gasteiger partial charge in [-0.15, -0.1) is 0 Å². The van der Waals surface area contributed by atoms with Crippen LogP contribution in [-0.4, -0.2) is 49.1 Å². The molecule has 2 saturated heterocycles. The number of ether oxygens (including phenoxy) is 4. The van der Waals surface area contributed by atoms with E-state index in [1.165, 1.54) is 7.11 Å². The highest BCUT2D eigenvalue weighted by molar-refractivity contribution is 5.63. The van der Waals surface area contributed by atoms with E-state index in [1.807, 2.05) is 0 Å². The standard InChI is InChI=1S/C8H12O6/c1-3-4-5(14-8(10)13-4)6(11-2)7(9)12-3/h3-7,9H,1-2H3/t3-,4+,5+,6+,7?/m0/s1. The largest absolute Gasteiger partial charge is 0.509 e. The lowest BCUT2D eigenvalue weighted by Gasteiger charge is -2.36. The predicted molar refractivity (Wildman–Crippen MR) is 42.5 cm³/mol. The van der Waals surface area contributed by atoms with Crippen LogP contribution in [-0.2, 0) is 18.9 Å². The minimum atomic E-state index is -1.09. The Morgan fingerprint density at radius 3 is 2.64 bits per heavy atom. The van der Waals surface area contributed by atoms with Crippen molar-refractivity contribution >= 4 is 6.16 Å². The van der Waals surface area contributed by atoms with E-state index >= 15 is 0 Å². The summed E-state index contributed by atoms with van der Waals surface area (Å²) in [7, 11) is 1.41. The molecule has 2 aliphatic heterocycles. The second kappa shape index (κ2) is 3.38. The first-order chi connectivity index (χ1) is 6.63. The quantitative estimate of drug-likeness (QED) is 0.588. The first-order valence-corrected chi connectivity index (χ1v) is 4.37. The van der Waals surface area contributed by atoms with Crippen molar-refractivity contribution in [3.05, 3.63) is 0 Å². The van der Waals surface area contributed by atoms with Crippen molar-refractivity contribution in [2.24, 2.45) is 0 Å². The highest BCUT2D eigenvalue weighted by atomic mass is 16.8. The molecule has 80 valence electrons. The highest BCUT2D eigenvalue weighted by Crippen LogP contribution is 2.30. The number of rotatable bonds is 1. The van der Waals surface area contributed by atoms with E-state index in [2.05, 4.69) is 0 Å². The van der Waals surface area contributed by atoms with Crippen LogP contribution in [0.4, 0.5) is 4.79 Å². The number of hydrogen-bond donors (Lipinski definition) is 1. The SMILES string of the molecule is CO[C@H]1C(O)O[C@@H](C)[C@H]2OC(=O)O[C@H]21. The molecule has 2 heterocycles. The normalized spacial score (nSPS) is 46.8. The molecule has 0 radical (unpaired) electrons. The van der Waals surface area contributed by atoms with Gasteiger partial charge < -0.3 is 24.1 Å². The molecule has 0 aromatic rings. The van der Waals surface area contributed by atoms with Gasteiger partial charge in [0.25, 0.3) is 0 Å². The van der Waals surface area contributed by atoms with Gasteiger partial charge in [0.05, 0.1) is 6.10 Å². The lowest BCUT2D eigenvalue weighted by atomic mass is 10.00. The Morgan fingerprint density at radius 1 is 1.36 bits per heavy atom. The molecule has 0 aliphatic carbocycles. The Kier molecular flexibility index (Phi) is 2.34. The van der Waals surface area contributed by atoms with Crippen LogP contribution in [0.1, 0.15) is 6.92 Å². The van der Waals surface area contributed by atoms with E-state index in [1.54, 1.807) is 6.92 Å². The molecule has 2 rings (SSSR count). The third-order valence-electron chi connectivity index (χ3n) is 2.48. The fourth-order valence-corrected chi connectivity index (χ4v) is 1.79. The van der Waals surface area contributed by atoms with Gasteiger partial charge in [0.1, 0.15) is 6.10 Å². The third kappa shape index (κ3) is 1.35. The summed E-state index contributed by atoms with van der Waals surface area (Å²) in [4.78, 5) is 10.9. The van der Waals surface area contributed by atoms with Crippen LogP contribution in [0.15, 0.2) is 0 Å². The van der Waals surface area contributed by atoms with Crippen LogP contribution in [0.5, 0.6) is 0 Å². The average Bonchev–Trinajstić information content (AvgIpc) is 2.48. The molecule has 5 atom stereocenters. The molecule has 0 saturated carbocycles. The molecule has 6 nitrogen and oxygen atoms in total. The van der Waals surface area contributed by atoms with Gasteiger partial charge in [0.15, 0.2) is 18.5 Å². The number of hydrogen-bond acceptors (Lipinski definition) is 6. The molecule has 2 aliphatic rings. The van der Waals surface area contributed by atoms with Crippen LogP contribution >= 0.6 is 0 Å². The molecule has 0 spiro atoms. The Balaban J connectivity index is 2.18. The first-order valence-electron chi connectivity index (χ1n) is 4.37. The second-order valence-electron chi connectivity index (χ2n) is 3.35. The van der Waals surface area contributed by atoms with Crippen molar-refractivity contribution in [2.45, 2.75) is 37.6 Å². The van der Waals surface area contributed by atoms with Crippen molar-refractivity contribution in [1.82, 2.24) is 0 Å². The van der Waals surface area contributed by atoms with Crippen molar-refractivity contribution < 1.29 is 28.8 Å². The monoisotopic (exact) mass is 204 g/mol. The van der Waals surface area contributed by atoms with Crippen LogP contribution in [0.3, 0.4) is 0 Å². The minimum Gasteiger partial charge on any atom is -0.424 e. The van der Waals surface area contributed by atoms with Crippen molar-refractivity contribution in [1.29, 1.82) is 0 Å². The van der Waals surface area contributed by atoms with E-state index in [9.17, 15) is 9.90 Å². The van der Waals surface area contributed by atoms with Crippen molar-refractivity contribution in [3.63, 3.8) is 0 Å². The van der Waals surface area contributed by atoms with E-state index < -0.39 is 36.9 Å². The molecule has 1 unspecified atom stereocenters. The molecule has 1 N–H and O–H groups in total. The summed E-state index contributed by atoms with van der Waals surface area (Å²) in [5.74, 6) is 0. The molecule has 0 aromatic heterocycles. The van der Waals surface area contributed by atoms with Crippen LogP contribution in [0.25, 0.3) is 0 Å². The lowest BCUT2D eigenvalue weighted by Crippen LogP contribution is -2.55. The maximum absolute atomic E-state index is 10.9. The molecule has 2 fully saturated rings. The maximum Gasteiger partial charge on any atom is 0.509 e. The summed E-state index contributed by atoms with van der Waals surface area (Å²) in [6, 6.07) is 0. The smallest absolute Gasteiger partial charge is 0.424 e. The maximum atomic E-state index is 10.9. The van der Waals surface area contributed by atoms with Gasteiger partial charge in [-0.05, 0) is 6.92 Å². The lowest BCUT2D eigenvalue weighted by molar-refractivity contribution is -0.261. The van der Waals surface area contributed by atoms with E-state index in [-0.39, 0.29) is 0 Å². The second-order valence-corrected chi connectivity index (χ2v) is 3.35. The van der Waals surface area contributed by atoms with Gasteiger partial charge in [-0.2, -0.15) is 0 Å². The third-order valence-corrected chi connectivity index (χ3v) is 2.48. The summed E-state index contributed by atoms with van der Waals surface area (Å²) in [6.45, 7) is 1.70. The highest BCUT2D eigenvalue weighted by Gasteiger charge is 2.52. The number of carbonyl (C=O) groups is 1. The van der Waals surface area contributed by atoms with E-state index in [0.29, 0.717) is 0 Å². The van der Waals surface area contributed by atoms with Crippen LogP contribution in [0.2, 0.25) is 0 Å². The number of fused-ring (bicyclic) bond motifs is 1. The van der Waals surface area contributed by atoms with Gasteiger partial charge in [-0.1, -0.05) is 0 Å². The van der Waals surface area contributed by atoms with Gasteiger partial charge in [-0.3, -0.25) is 0 Å². The number of carbonyl (C=O) groups excluding carboxylic acids is 1. The van der Waals surface area contributed by atoms with Gasteiger partial charge >= 0.3 is 6.16 Å². The van der Waals surface area contributed by atoms with Gasteiger partial charge in [0, 0.05) is 7.11 Å². The van der Waals surface area contributed by atoms with E-state index in [4.69, 9.17) is 18.9 Å². The van der Waals surface area contributed by atoms with Crippen molar-refractivity contribution in [2.75, 3.05) is 7.11 Å². The average molecular weight is 204 g/mol. The van der Waals surface area contributed by atoms with Crippen LogP contribution in [0, 0.1) is 0 Å². The topological polar surface area (TPSA) is 74.2 Å². The minimum absolute atomic E-state index is 0.396. The molecule has 0 amide bonds. The predicted octanol–water partition coefficient (Wildman–Crippen LogP) is -0.358. The Morgan fingerprint density at radius 2 is 2.00 bits per heavy atom. The zero-order chi connectivity index (χ0) is 10.3. The Labute approximate surface area is 80.7 Å².